The van der Waals surface area contributed by atoms with Gasteiger partial charge < -0.3 is 15.3 Å². The van der Waals surface area contributed by atoms with Crippen molar-refractivity contribution in [3.8, 4) is 11.3 Å². The summed E-state index contributed by atoms with van der Waals surface area (Å²) in [5.74, 6) is 1.35. The first-order valence-electron chi connectivity index (χ1n) is 6.85. The molecule has 0 saturated heterocycles. The predicted octanol–water partition coefficient (Wildman–Crippen LogP) is 2.42. The van der Waals surface area contributed by atoms with Crippen molar-refractivity contribution in [1.29, 1.82) is 0 Å². The van der Waals surface area contributed by atoms with Crippen LogP contribution in [0.3, 0.4) is 0 Å². The molecule has 0 radical (unpaired) electrons. The molecule has 20 heavy (non-hydrogen) atoms. The number of aryl methyl sites for hydroxylation is 1. The van der Waals surface area contributed by atoms with Gasteiger partial charge >= 0.3 is 0 Å². The molecule has 0 fully saturated rings. The quantitative estimate of drug-likeness (QED) is 0.764. The molecule has 0 aliphatic rings. The van der Waals surface area contributed by atoms with Crippen LogP contribution < -0.4 is 5.73 Å². The number of aromatic nitrogens is 4. The Balaban J connectivity index is 1.94. The number of nitrogens with two attached hydrogens (primary N) is 1. The van der Waals surface area contributed by atoms with Gasteiger partial charge in [-0.15, -0.1) is 0 Å². The summed E-state index contributed by atoms with van der Waals surface area (Å²) in [7, 11) is 2.00. The van der Waals surface area contributed by atoms with Gasteiger partial charge in [0.05, 0.1) is 29.3 Å². The zero-order chi connectivity index (χ0) is 14.1. The highest BCUT2D eigenvalue weighted by molar-refractivity contribution is 5.81. The second-order valence-corrected chi connectivity index (χ2v) is 5.22. The maximum Gasteiger partial charge on any atom is 0.109 e. The minimum atomic E-state index is 0.354. The van der Waals surface area contributed by atoms with E-state index < -0.39 is 0 Å². The van der Waals surface area contributed by atoms with Gasteiger partial charge in [-0.1, -0.05) is 13.0 Å². The molecule has 5 nitrogen and oxygen atoms in total. The molecule has 3 rings (SSSR count). The zero-order valence-electron chi connectivity index (χ0n) is 11.8. The summed E-state index contributed by atoms with van der Waals surface area (Å²) in [6.07, 6.45) is 4.65. The average Bonchev–Trinajstić information content (AvgIpc) is 3.06. The first kappa shape index (κ1) is 12.9. The average molecular weight is 269 g/mol. The van der Waals surface area contributed by atoms with E-state index in [2.05, 4.69) is 40.1 Å². The molecule has 1 unspecified atom stereocenters. The maximum absolute atomic E-state index is 5.60. The molecule has 0 aliphatic carbocycles. The highest BCUT2D eigenvalue weighted by atomic mass is 15.0. The van der Waals surface area contributed by atoms with Gasteiger partial charge in [0.25, 0.3) is 0 Å². The van der Waals surface area contributed by atoms with Crippen molar-refractivity contribution in [3.05, 3.63) is 36.5 Å². The molecular weight excluding hydrogens is 250 g/mol. The van der Waals surface area contributed by atoms with Crippen molar-refractivity contribution in [1.82, 2.24) is 19.5 Å². The van der Waals surface area contributed by atoms with Crippen molar-refractivity contribution >= 4 is 11.0 Å². The number of hydrogen-bond donors (Lipinski definition) is 2. The van der Waals surface area contributed by atoms with E-state index in [0.29, 0.717) is 12.5 Å². The van der Waals surface area contributed by atoms with Crippen LogP contribution in [0.25, 0.3) is 22.3 Å². The van der Waals surface area contributed by atoms with Crippen LogP contribution in [0.1, 0.15) is 25.1 Å². The molecule has 1 atom stereocenters. The molecule has 0 aliphatic heterocycles. The summed E-state index contributed by atoms with van der Waals surface area (Å²) in [6.45, 7) is 2.81. The molecular formula is C15H19N5. The van der Waals surface area contributed by atoms with Gasteiger partial charge in [0, 0.05) is 18.5 Å². The lowest BCUT2D eigenvalue weighted by Gasteiger charge is -2.05. The summed E-state index contributed by atoms with van der Waals surface area (Å²) in [5, 5.41) is 0. The zero-order valence-corrected chi connectivity index (χ0v) is 11.8. The van der Waals surface area contributed by atoms with E-state index in [1.54, 1.807) is 0 Å². The smallest absolute Gasteiger partial charge is 0.109 e. The van der Waals surface area contributed by atoms with Crippen molar-refractivity contribution in [2.24, 2.45) is 12.8 Å². The third-order valence-corrected chi connectivity index (χ3v) is 3.70. The summed E-state index contributed by atoms with van der Waals surface area (Å²) in [5.41, 5.74) is 9.85. The second kappa shape index (κ2) is 5.09. The Hall–Kier alpha value is -2.14. The summed E-state index contributed by atoms with van der Waals surface area (Å²) < 4.78 is 2.01. The SMILES string of the molecule is CC(CCN)c1ncc(-c2ccc3c(c2)ncn3C)[nH]1. The van der Waals surface area contributed by atoms with Crippen LogP contribution in [-0.2, 0) is 7.05 Å². The van der Waals surface area contributed by atoms with Crippen LogP contribution in [-0.4, -0.2) is 26.1 Å². The Bertz CT molecular complexity index is 725. The van der Waals surface area contributed by atoms with Crippen LogP contribution in [0.2, 0.25) is 0 Å². The minimum Gasteiger partial charge on any atom is -0.342 e. The van der Waals surface area contributed by atoms with Gasteiger partial charge in [-0.2, -0.15) is 0 Å². The van der Waals surface area contributed by atoms with E-state index in [9.17, 15) is 0 Å². The van der Waals surface area contributed by atoms with Gasteiger partial charge in [-0.25, -0.2) is 9.97 Å². The van der Waals surface area contributed by atoms with Gasteiger partial charge in [0.15, 0.2) is 0 Å². The topological polar surface area (TPSA) is 72.5 Å². The fourth-order valence-electron chi connectivity index (χ4n) is 2.42. The van der Waals surface area contributed by atoms with Crippen LogP contribution in [0, 0.1) is 0 Å². The number of nitrogens with one attached hydrogen (secondary N) is 1. The summed E-state index contributed by atoms with van der Waals surface area (Å²) >= 11 is 0. The Morgan fingerprint density at radius 3 is 3.00 bits per heavy atom. The lowest BCUT2D eigenvalue weighted by molar-refractivity contribution is 0.655. The lowest BCUT2D eigenvalue weighted by atomic mass is 10.1. The van der Waals surface area contributed by atoms with E-state index >= 15 is 0 Å². The van der Waals surface area contributed by atoms with Gasteiger partial charge in [0.2, 0.25) is 0 Å². The fraction of sp³-hybridized carbons (Fsp3) is 0.333. The summed E-state index contributed by atoms with van der Waals surface area (Å²) in [4.78, 5) is 12.2. The van der Waals surface area contributed by atoms with Crippen LogP contribution in [0.15, 0.2) is 30.7 Å². The van der Waals surface area contributed by atoms with Crippen LogP contribution in [0.5, 0.6) is 0 Å². The molecule has 3 N–H and O–H groups in total. The first-order chi connectivity index (χ1) is 9.69. The largest absolute Gasteiger partial charge is 0.342 e. The predicted molar refractivity (Wildman–Crippen MR) is 80.4 cm³/mol. The van der Waals surface area contributed by atoms with Crippen LogP contribution in [0.4, 0.5) is 0 Å². The third-order valence-electron chi connectivity index (χ3n) is 3.70. The standard InChI is InChI=1S/C15H19N5/c1-10(5-6-16)15-17-8-13(19-15)11-3-4-14-12(7-11)18-9-20(14)2/h3-4,7-10H,5-6,16H2,1-2H3,(H,17,19). The molecule has 5 heteroatoms. The monoisotopic (exact) mass is 269 g/mol. The molecule has 0 spiro atoms. The van der Waals surface area contributed by atoms with Gasteiger partial charge in [-0.05, 0) is 25.1 Å². The van der Waals surface area contributed by atoms with E-state index in [-0.39, 0.29) is 0 Å². The third kappa shape index (κ3) is 2.20. The Morgan fingerprint density at radius 2 is 2.20 bits per heavy atom. The van der Waals surface area contributed by atoms with E-state index in [1.807, 2.05) is 24.1 Å². The molecule has 1 aromatic carbocycles. The van der Waals surface area contributed by atoms with Crippen molar-refractivity contribution < 1.29 is 0 Å². The highest BCUT2D eigenvalue weighted by Crippen LogP contribution is 2.24. The van der Waals surface area contributed by atoms with Gasteiger partial charge in [-0.3, -0.25) is 0 Å². The summed E-state index contributed by atoms with van der Waals surface area (Å²) in [6, 6.07) is 6.26. The minimum absolute atomic E-state index is 0.354. The molecule has 0 saturated carbocycles. The van der Waals surface area contributed by atoms with Crippen molar-refractivity contribution in [2.45, 2.75) is 19.3 Å². The van der Waals surface area contributed by atoms with Gasteiger partial charge in [0.1, 0.15) is 5.82 Å². The highest BCUT2D eigenvalue weighted by Gasteiger charge is 2.10. The number of hydrogen-bond acceptors (Lipinski definition) is 3. The van der Waals surface area contributed by atoms with Crippen molar-refractivity contribution in [2.75, 3.05) is 6.54 Å². The number of fused-ring (bicyclic) bond motifs is 1. The molecule has 0 amide bonds. The number of rotatable bonds is 4. The molecule has 0 bridgehead atoms. The molecule has 2 aromatic heterocycles. The second-order valence-electron chi connectivity index (χ2n) is 5.22. The Morgan fingerprint density at radius 1 is 1.35 bits per heavy atom. The van der Waals surface area contributed by atoms with Crippen LogP contribution >= 0.6 is 0 Å². The van der Waals surface area contributed by atoms with E-state index in [4.69, 9.17) is 5.73 Å². The molecule has 3 aromatic rings. The number of H-pyrrole nitrogens is 1. The van der Waals surface area contributed by atoms with E-state index in [1.165, 1.54) is 0 Å². The Labute approximate surface area is 117 Å². The maximum atomic E-state index is 5.60. The molecule has 2 heterocycles. The lowest BCUT2D eigenvalue weighted by Crippen LogP contribution is -2.05. The fourth-order valence-corrected chi connectivity index (χ4v) is 2.42. The Kier molecular flexibility index (Phi) is 3.28. The normalized spacial score (nSPS) is 12.9. The van der Waals surface area contributed by atoms with Crippen molar-refractivity contribution in [3.63, 3.8) is 0 Å². The van der Waals surface area contributed by atoms with E-state index in [0.717, 1.165) is 34.5 Å². The number of nitrogens with zero attached hydrogens (tertiary/aromatic N) is 3. The number of imidazole rings is 2. The first-order valence-corrected chi connectivity index (χ1v) is 6.85. The molecule has 104 valence electrons. The number of aromatic amines is 1. The number of benzene rings is 1.